The summed E-state index contributed by atoms with van der Waals surface area (Å²) >= 11 is 5.56. The second kappa shape index (κ2) is 21.5. The number of halogens is 1. The summed E-state index contributed by atoms with van der Waals surface area (Å²) in [6.07, 6.45) is 2.69. The number of carbonyl (C=O) groups is 3. The van der Waals surface area contributed by atoms with Gasteiger partial charge in [0.2, 0.25) is 5.60 Å². The third-order valence-electron chi connectivity index (χ3n) is 17.3. The second-order valence-corrected chi connectivity index (χ2v) is 23.0. The van der Waals surface area contributed by atoms with Gasteiger partial charge < -0.3 is 39.5 Å². The van der Waals surface area contributed by atoms with Crippen LogP contribution in [0.15, 0.2) is 48.5 Å². The van der Waals surface area contributed by atoms with Crippen molar-refractivity contribution in [3.8, 4) is 17.2 Å². The number of nitro benzene ring substituents is 3. The van der Waals surface area contributed by atoms with Crippen molar-refractivity contribution in [1.29, 1.82) is 0 Å². The van der Waals surface area contributed by atoms with Crippen LogP contribution >= 0.6 is 11.6 Å². The van der Waals surface area contributed by atoms with Crippen molar-refractivity contribution < 1.29 is 48.5 Å². The van der Waals surface area contributed by atoms with Gasteiger partial charge in [0.1, 0.15) is 17.2 Å². The molecule has 3 atom stereocenters. The summed E-state index contributed by atoms with van der Waals surface area (Å²) in [4.78, 5) is 77.8. The first-order chi connectivity index (χ1) is 38.5. The molecule has 3 unspecified atom stereocenters. The molecule has 20 nitrogen and oxygen atoms in total. The summed E-state index contributed by atoms with van der Waals surface area (Å²) in [5.74, 6) is 0.511. The van der Waals surface area contributed by atoms with E-state index < -0.39 is 37.9 Å². The summed E-state index contributed by atoms with van der Waals surface area (Å²) in [7, 11) is 0. The summed E-state index contributed by atoms with van der Waals surface area (Å²) in [5, 5.41) is 48.5. The van der Waals surface area contributed by atoms with Gasteiger partial charge in [0, 0.05) is 132 Å². The molecule has 82 heavy (non-hydrogen) atoms. The van der Waals surface area contributed by atoms with Crippen LogP contribution < -0.4 is 19.5 Å². The molecular formula is C61H66ClN7O13. The number of benzene rings is 5. The van der Waals surface area contributed by atoms with Crippen LogP contribution in [0.5, 0.6) is 17.2 Å². The molecule has 2 aromatic heterocycles. The van der Waals surface area contributed by atoms with Gasteiger partial charge in [-0.2, -0.15) is 0 Å². The molecule has 4 N–H and O–H groups in total. The Morgan fingerprint density at radius 2 is 0.939 bits per heavy atom. The van der Waals surface area contributed by atoms with Crippen molar-refractivity contribution in [1.82, 2.24) is 20.2 Å². The lowest BCUT2D eigenvalue weighted by atomic mass is 9.90. The van der Waals surface area contributed by atoms with Crippen LogP contribution in [-0.4, -0.2) is 81.8 Å². The lowest BCUT2D eigenvalue weighted by Gasteiger charge is -2.33. The molecule has 21 heteroatoms. The zero-order chi connectivity index (χ0) is 59.8. The third-order valence-corrected chi connectivity index (χ3v) is 17.7. The van der Waals surface area contributed by atoms with Crippen molar-refractivity contribution in [3.05, 3.63) is 168 Å². The van der Waals surface area contributed by atoms with E-state index in [0.717, 1.165) is 48.3 Å². The molecule has 0 bridgehead atoms. The number of ether oxygens (including phenoxy) is 3. The molecule has 0 saturated carbocycles. The number of carboxylic acid groups (broad SMARTS) is 1. The highest BCUT2D eigenvalue weighted by atomic mass is 35.5. The number of carboxylic acids is 1. The summed E-state index contributed by atoms with van der Waals surface area (Å²) in [6, 6.07) is 16.7. The average molecular weight is 1140 g/mol. The van der Waals surface area contributed by atoms with E-state index in [0.29, 0.717) is 92.4 Å². The standard InChI is InChI=1S/C24H25N3O4.C13H14ClNO4.C13H15NO5.C11H12N2/c1-13-14(2)22-18(15(3)21(13)27(29)30)11-24(4,31-22)23(28)26-10-9-17-16-7-5-6-8-19(16)25-20(17)12-26;1-6-7(2)11-9(8(3)10(6)15(17)18)5-13(4,19-11)12(14)16;1-6-7(2)11-9(8(3)10(6)14(17)18)5-13(4,19-11)12(15)16;1-2-4-10-8(3-1)9-5-6-12-7-11(9)13-10/h5-8,25H,9-12H2,1-4H3;5H2,1-4H3;5H2,1-4H3,(H,15,16);1-4,12-13H,5-7H2. The third kappa shape index (κ3) is 9.94. The maximum Gasteiger partial charge on any atom is 0.348 e. The Balaban J connectivity index is 0.000000138. The summed E-state index contributed by atoms with van der Waals surface area (Å²) < 4.78 is 17.5. The number of aromatic nitrogens is 2. The molecule has 0 saturated heterocycles. The van der Waals surface area contributed by atoms with Crippen molar-refractivity contribution in [2.75, 3.05) is 13.1 Å². The number of nitrogens with zero attached hydrogens (tertiary/aromatic N) is 4. The number of hydrogen-bond acceptors (Lipinski definition) is 13. The van der Waals surface area contributed by atoms with E-state index >= 15 is 0 Å². The Morgan fingerprint density at radius 3 is 1.38 bits per heavy atom. The maximum atomic E-state index is 13.6. The quantitative estimate of drug-likeness (QED) is 0.0685. The lowest BCUT2D eigenvalue weighted by molar-refractivity contribution is -0.386. The highest BCUT2D eigenvalue weighted by Crippen LogP contribution is 2.49. The minimum Gasteiger partial charge on any atom is -0.478 e. The van der Waals surface area contributed by atoms with E-state index in [-0.39, 0.29) is 40.7 Å². The first-order valence-electron chi connectivity index (χ1n) is 27.0. The zero-order valence-electron chi connectivity index (χ0n) is 48.0. The van der Waals surface area contributed by atoms with Crippen LogP contribution in [0.2, 0.25) is 0 Å². The number of aliphatic carboxylic acids is 1. The van der Waals surface area contributed by atoms with Gasteiger partial charge in [-0.05, 0) is 137 Å². The van der Waals surface area contributed by atoms with E-state index in [2.05, 4.69) is 51.7 Å². The highest BCUT2D eigenvalue weighted by Gasteiger charge is 2.49. The largest absolute Gasteiger partial charge is 0.478 e. The van der Waals surface area contributed by atoms with Gasteiger partial charge in [0.15, 0.2) is 11.2 Å². The second-order valence-electron chi connectivity index (χ2n) is 22.6. The molecule has 0 aliphatic carbocycles. The van der Waals surface area contributed by atoms with Gasteiger partial charge in [-0.15, -0.1) is 0 Å². The average Bonchev–Trinajstić information content (AvgIpc) is 4.40. The van der Waals surface area contributed by atoms with Gasteiger partial charge in [-0.1, -0.05) is 36.4 Å². The van der Waals surface area contributed by atoms with E-state index in [1.807, 2.05) is 24.0 Å². The number of fused-ring (bicyclic) bond motifs is 9. The van der Waals surface area contributed by atoms with Crippen LogP contribution in [-0.2, 0) is 59.6 Å². The Hall–Kier alpha value is -8.36. The number of para-hydroxylation sites is 2. The molecule has 1 amide bonds. The number of amides is 1. The van der Waals surface area contributed by atoms with Crippen molar-refractivity contribution in [2.24, 2.45) is 0 Å². The molecular weight excluding hydrogens is 1070 g/mol. The SMILES string of the molecule is Cc1c(C)c([N+](=O)[O-])c(C)c2c1OC(C)(C(=O)Cl)C2.Cc1c(C)c([N+](=O)[O-])c(C)c2c1OC(C)(C(=O)N1CCc3c([nH]c4ccccc34)C1)C2.Cc1c(C)c([N+](=O)[O-])c(C)c2c1OC(C)(C(=O)O)C2.c1ccc2c3c([nH]c2c1)CNCC3. The van der Waals surface area contributed by atoms with Crippen molar-refractivity contribution in [3.63, 3.8) is 0 Å². The Kier molecular flexibility index (Phi) is 15.3. The van der Waals surface area contributed by atoms with Crippen LogP contribution in [0.3, 0.4) is 0 Å². The van der Waals surface area contributed by atoms with Crippen LogP contribution in [0, 0.1) is 92.7 Å². The van der Waals surface area contributed by atoms with Crippen LogP contribution in [0.25, 0.3) is 21.8 Å². The first-order valence-corrected chi connectivity index (χ1v) is 27.4. The minimum atomic E-state index is -1.35. The number of rotatable bonds is 6. The minimum absolute atomic E-state index is 0.0505. The Bertz CT molecular complexity index is 3790. The fourth-order valence-electron chi connectivity index (χ4n) is 12.3. The predicted molar refractivity (Wildman–Crippen MR) is 310 cm³/mol. The number of H-pyrrole nitrogens is 2. The zero-order valence-corrected chi connectivity index (χ0v) is 48.8. The number of nitro groups is 3. The maximum absolute atomic E-state index is 13.6. The molecule has 5 aromatic carbocycles. The molecule has 0 spiro atoms. The number of nitrogens with one attached hydrogen (secondary N) is 3. The van der Waals surface area contributed by atoms with E-state index in [4.69, 9.17) is 25.8 Å². The lowest BCUT2D eigenvalue weighted by Crippen LogP contribution is -2.51. The number of carbonyl (C=O) groups excluding carboxylic acids is 2. The van der Waals surface area contributed by atoms with Gasteiger partial charge in [-0.25, -0.2) is 4.79 Å². The molecule has 0 radical (unpaired) electrons. The van der Waals surface area contributed by atoms with Gasteiger partial charge in [0.05, 0.1) is 21.3 Å². The van der Waals surface area contributed by atoms with E-state index in [1.165, 1.54) is 40.0 Å². The molecule has 0 fully saturated rings. The van der Waals surface area contributed by atoms with Gasteiger partial charge in [0.25, 0.3) is 28.2 Å². The van der Waals surface area contributed by atoms with Crippen molar-refractivity contribution >= 4 is 67.6 Å². The summed E-state index contributed by atoms with van der Waals surface area (Å²) in [6.45, 7) is 23.6. The monoisotopic (exact) mass is 1140 g/mol. The van der Waals surface area contributed by atoms with Gasteiger partial charge in [-0.3, -0.25) is 39.9 Å². The number of aromatic amines is 2. The van der Waals surface area contributed by atoms with Crippen LogP contribution in [0.1, 0.15) is 110 Å². The van der Waals surface area contributed by atoms with E-state index in [1.54, 1.807) is 69.2 Å². The molecule has 5 aliphatic heterocycles. The fraction of sp³-hybridized carbons (Fsp3) is 0.393. The summed E-state index contributed by atoms with van der Waals surface area (Å²) in [5.41, 5.74) is 11.8. The highest BCUT2D eigenvalue weighted by molar-refractivity contribution is 6.65. The molecule has 12 rings (SSSR count). The first kappa shape index (κ1) is 58.3. The molecule has 5 aliphatic rings. The fourth-order valence-corrected chi connectivity index (χ4v) is 12.5. The predicted octanol–water partition coefficient (Wildman–Crippen LogP) is 11.4. The normalized spacial score (nSPS) is 19.7. The van der Waals surface area contributed by atoms with Crippen LogP contribution in [0.4, 0.5) is 17.1 Å². The molecule has 7 heterocycles. The molecule has 430 valence electrons. The Labute approximate surface area is 477 Å². The Morgan fingerprint density at radius 1 is 0.549 bits per heavy atom. The molecule has 7 aromatic rings. The smallest absolute Gasteiger partial charge is 0.348 e. The van der Waals surface area contributed by atoms with Crippen molar-refractivity contribution in [2.45, 2.75) is 145 Å². The van der Waals surface area contributed by atoms with Gasteiger partial charge >= 0.3 is 5.97 Å². The number of hydrogen-bond donors (Lipinski definition) is 4. The topological polar surface area (TPSA) is 275 Å². The van der Waals surface area contributed by atoms with E-state index in [9.17, 15) is 49.8 Å².